The van der Waals surface area contributed by atoms with E-state index in [2.05, 4.69) is 4.98 Å². The Kier molecular flexibility index (Phi) is 2.12. The Morgan fingerprint density at radius 3 is 2.90 bits per heavy atom. The van der Waals surface area contributed by atoms with E-state index in [1.54, 1.807) is 23.8 Å². The minimum absolute atomic E-state index is 0.403. The van der Waals surface area contributed by atoms with E-state index in [-0.39, 0.29) is 0 Å². The lowest BCUT2D eigenvalue weighted by Gasteiger charge is -2.00. The molecule has 0 spiro atoms. The summed E-state index contributed by atoms with van der Waals surface area (Å²) in [7, 11) is 1.58. The van der Waals surface area contributed by atoms with Gasteiger partial charge in [-0.15, -0.1) is 0 Å². The number of pyridine rings is 1. The van der Waals surface area contributed by atoms with Gasteiger partial charge in [-0.3, -0.25) is 4.40 Å². The maximum atomic E-state index is 12.2. The molecule has 5 nitrogen and oxygen atoms in total. The van der Waals surface area contributed by atoms with Crippen molar-refractivity contribution in [2.24, 2.45) is 0 Å². The maximum Gasteiger partial charge on any atom is 0.363 e. The minimum atomic E-state index is -0.403. The smallest absolute Gasteiger partial charge is 0.363 e. The van der Waals surface area contributed by atoms with Gasteiger partial charge in [0.1, 0.15) is 22.5 Å². The van der Waals surface area contributed by atoms with Crippen LogP contribution in [0.3, 0.4) is 0 Å². The van der Waals surface area contributed by atoms with Crippen LogP contribution in [0.5, 0.6) is 5.75 Å². The summed E-state index contributed by atoms with van der Waals surface area (Å²) in [5, 5.41) is 0.824. The number of hydrogen-bond acceptors (Lipinski definition) is 4. The van der Waals surface area contributed by atoms with Gasteiger partial charge in [0.15, 0.2) is 5.52 Å². The van der Waals surface area contributed by atoms with Crippen molar-refractivity contribution in [3.05, 3.63) is 53.0 Å². The summed E-state index contributed by atoms with van der Waals surface area (Å²) in [6.07, 6.45) is 1.73. The lowest BCUT2D eigenvalue weighted by atomic mass is 10.2. The summed E-state index contributed by atoms with van der Waals surface area (Å²) in [6, 6.07) is 11.0. The Balaban J connectivity index is 2.30. The van der Waals surface area contributed by atoms with Crippen LogP contribution in [-0.2, 0) is 0 Å². The molecule has 3 heterocycles. The van der Waals surface area contributed by atoms with E-state index in [1.165, 1.54) is 0 Å². The molecule has 1 aromatic carbocycles. The highest BCUT2D eigenvalue weighted by Crippen LogP contribution is 2.24. The fraction of sp³-hybridized carbons (Fsp3) is 0.0667. The number of para-hydroxylation sites is 1. The summed E-state index contributed by atoms with van der Waals surface area (Å²) >= 11 is 0. The van der Waals surface area contributed by atoms with Crippen LogP contribution in [0.1, 0.15) is 0 Å². The highest BCUT2D eigenvalue weighted by molar-refractivity contribution is 6.02. The molecule has 0 fully saturated rings. The monoisotopic (exact) mass is 266 g/mol. The van der Waals surface area contributed by atoms with Crippen molar-refractivity contribution in [1.82, 2.24) is 9.38 Å². The summed E-state index contributed by atoms with van der Waals surface area (Å²) in [5.74, 6) is 0.657. The molecular weight excluding hydrogens is 256 g/mol. The second-order valence-corrected chi connectivity index (χ2v) is 4.49. The Bertz CT molecular complexity index is 1010. The molecule has 3 aromatic heterocycles. The standard InChI is InChI=1S/C15H10N2O3/c1-19-9-6-7-12-16-13-10-4-2-3-5-11(10)20-15(18)14(13)17(12)8-9/h2-8H,1H3. The highest BCUT2D eigenvalue weighted by atomic mass is 16.5. The van der Waals surface area contributed by atoms with Crippen LogP contribution in [0.2, 0.25) is 0 Å². The summed E-state index contributed by atoms with van der Waals surface area (Å²) in [6.45, 7) is 0. The average molecular weight is 266 g/mol. The van der Waals surface area contributed by atoms with Crippen molar-refractivity contribution >= 4 is 27.6 Å². The molecule has 0 bridgehead atoms. The first kappa shape index (κ1) is 11.0. The molecule has 0 saturated carbocycles. The zero-order valence-corrected chi connectivity index (χ0v) is 10.7. The van der Waals surface area contributed by atoms with Crippen molar-refractivity contribution in [1.29, 1.82) is 0 Å². The van der Waals surface area contributed by atoms with Crippen LogP contribution in [0.4, 0.5) is 0 Å². The van der Waals surface area contributed by atoms with Gasteiger partial charge >= 0.3 is 5.63 Å². The third kappa shape index (κ3) is 1.37. The van der Waals surface area contributed by atoms with E-state index in [0.29, 0.717) is 28.0 Å². The van der Waals surface area contributed by atoms with E-state index < -0.39 is 5.63 Å². The topological polar surface area (TPSA) is 56.7 Å². The quantitative estimate of drug-likeness (QED) is 0.497. The van der Waals surface area contributed by atoms with Gasteiger partial charge in [-0.1, -0.05) is 12.1 Å². The van der Waals surface area contributed by atoms with Crippen LogP contribution in [0, 0.1) is 0 Å². The molecule has 4 aromatic rings. The van der Waals surface area contributed by atoms with Gasteiger partial charge in [-0.25, -0.2) is 9.78 Å². The fourth-order valence-corrected chi connectivity index (χ4v) is 2.43. The first-order chi connectivity index (χ1) is 9.78. The number of fused-ring (bicyclic) bond motifs is 5. The molecule has 0 saturated heterocycles. The lowest BCUT2D eigenvalue weighted by molar-refractivity contribution is 0.412. The van der Waals surface area contributed by atoms with E-state index in [0.717, 1.165) is 5.39 Å². The predicted octanol–water partition coefficient (Wildman–Crippen LogP) is 2.60. The number of imidazole rings is 1. The number of ether oxygens (including phenoxy) is 1. The number of hydrogen-bond donors (Lipinski definition) is 0. The molecule has 0 unspecified atom stereocenters. The molecule has 98 valence electrons. The molecule has 20 heavy (non-hydrogen) atoms. The zero-order chi connectivity index (χ0) is 13.7. The summed E-state index contributed by atoms with van der Waals surface area (Å²) in [5.41, 5.74) is 1.90. The van der Waals surface area contributed by atoms with Gasteiger partial charge in [0.25, 0.3) is 0 Å². The largest absolute Gasteiger partial charge is 0.495 e. The first-order valence-corrected chi connectivity index (χ1v) is 6.15. The van der Waals surface area contributed by atoms with Crippen molar-refractivity contribution in [2.45, 2.75) is 0 Å². The summed E-state index contributed by atoms with van der Waals surface area (Å²) < 4.78 is 12.2. The molecule has 0 amide bonds. The SMILES string of the molecule is COc1ccc2nc3c4ccccc4oc(=O)c3n2c1. The van der Waals surface area contributed by atoms with Crippen LogP contribution < -0.4 is 10.4 Å². The normalized spacial score (nSPS) is 11.4. The number of rotatable bonds is 1. The number of nitrogens with zero attached hydrogens (tertiary/aromatic N) is 2. The fourth-order valence-electron chi connectivity index (χ4n) is 2.43. The van der Waals surface area contributed by atoms with Gasteiger partial charge in [-0.2, -0.15) is 0 Å². The van der Waals surface area contributed by atoms with Crippen molar-refractivity contribution in [2.75, 3.05) is 7.11 Å². The molecule has 0 atom stereocenters. The molecule has 5 heteroatoms. The molecule has 0 aliphatic rings. The maximum absolute atomic E-state index is 12.2. The third-order valence-corrected chi connectivity index (χ3v) is 3.37. The van der Waals surface area contributed by atoms with Crippen molar-refractivity contribution in [3.8, 4) is 5.75 Å². The predicted molar refractivity (Wildman–Crippen MR) is 75.3 cm³/mol. The van der Waals surface area contributed by atoms with Gasteiger partial charge < -0.3 is 9.15 Å². The number of methoxy groups -OCH3 is 1. The van der Waals surface area contributed by atoms with Crippen molar-refractivity contribution in [3.63, 3.8) is 0 Å². The van der Waals surface area contributed by atoms with Crippen molar-refractivity contribution < 1.29 is 9.15 Å². The van der Waals surface area contributed by atoms with E-state index in [9.17, 15) is 4.79 Å². The zero-order valence-electron chi connectivity index (χ0n) is 10.7. The Morgan fingerprint density at radius 1 is 1.20 bits per heavy atom. The highest BCUT2D eigenvalue weighted by Gasteiger charge is 2.14. The van der Waals surface area contributed by atoms with Crippen LogP contribution >= 0.6 is 0 Å². The molecule has 0 aliphatic carbocycles. The number of aromatic nitrogens is 2. The van der Waals surface area contributed by atoms with Gasteiger partial charge in [-0.05, 0) is 24.3 Å². The molecule has 4 rings (SSSR count). The Hall–Kier alpha value is -2.82. The van der Waals surface area contributed by atoms with E-state index in [4.69, 9.17) is 9.15 Å². The minimum Gasteiger partial charge on any atom is -0.495 e. The molecular formula is C15H10N2O3. The van der Waals surface area contributed by atoms with Crippen LogP contribution in [0.25, 0.3) is 27.6 Å². The second-order valence-electron chi connectivity index (χ2n) is 4.49. The van der Waals surface area contributed by atoms with Gasteiger partial charge in [0.2, 0.25) is 0 Å². The molecule has 0 radical (unpaired) electrons. The van der Waals surface area contributed by atoms with E-state index in [1.807, 2.05) is 30.3 Å². The Morgan fingerprint density at radius 2 is 2.05 bits per heavy atom. The second kappa shape index (κ2) is 3.84. The summed E-state index contributed by atoms with van der Waals surface area (Å²) in [4.78, 5) is 16.7. The van der Waals surface area contributed by atoms with E-state index >= 15 is 0 Å². The van der Waals surface area contributed by atoms with Crippen LogP contribution in [-0.4, -0.2) is 16.5 Å². The Labute approximate surface area is 113 Å². The third-order valence-electron chi connectivity index (χ3n) is 3.37. The van der Waals surface area contributed by atoms with Crippen LogP contribution in [0.15, 0.2) is 51.8 Å². The molecule has 0 N–H and O–H groups in total. The first-order valence-electron chi connectivity index (χ1n) is 6.15. The average Bonchev–Trinajstić information content (AvgIpc) is 2.86. The van der Waals surface area contributed by atoms with Gasteiger partial charge in [0, 0.05) is 5.39 Å². The number of benzene rings is 1. The molecule has 0 aliphatic heterocycles. The lowest BCUT2D eigenvalue weighted by Crippen LogP contribution is -2.02. The van der Waals surface area contributed by atoms with Gasteiger partial charge in [0.05, 0.1) is 13.3 Å².